The molecule has 4 nitrogen and oxygen atoms in total. The van der Waals surface area contributed by atoms with Gasteiger partial charge in [-0.1, -0.05) is 11.6 Å². The molecular weight excluding hydrogens is 178 g/mol. The van der Waals surface area contributed by atoms with Crippen LogP contribution in [-0.2, 0) is 0 Å². The van der Waals surface area contributed by atoms with E-state index in [9.17, 15) is 4.79 Å². The average molecular weight is 182 g/mol. The van der Waals surface area contributed by atoms with Crippen molar-refractivity contribution in [1.82, 2.24) is 14.6 Å². The second kappa shape index (κ2) is 2.57. The van der Waals surface area contributed by atoms with E-state index in [1.807, 2.05) is 0 Å². The molecule has 2 aromatic heterocycles. The van der Waals surface area contributed by atoms with Crippen molar-refractivity contribution in [2.24, 2.45) is 0 Å². The van der Waals surface area contributed by atoms with Gasteiger partial charge in [-0.15, -0.1) is 0 Å². The summed E-state index contributed by atoms with van der Waals surface area (Å²) in [4.78, 5) is 14.4. The minimum absolute atomic E-state index is 0.337. The Kier molecular flexibility index (Phi) is 1.55. The third kappa shape index (κ3) is 0.967. The number of hydrogen-bond acceptors (Lipinski definition) is 3. The van der Waals surface area contributed by atoms with Gasteiger partial charge in [0.05, 0.1) is 6.20 Å². The molecule has 0 unspecified atom stereocenters. The lowest BCUT2D eigenvalue weighted by molar-refractivity contribution is 0.111. The molecule has 2 aromatic rings. The summed E-state index contributed by atoms with van der Waals surface area (Å²) in [5.74, 6) is 0. The van der Waals surface area contributed by atoms with Gasteiger partial charge in [-0.05, 0) is 12.1 Å². The molecule has 60 valence electrons. The van der Waals surface area contributed by atoms with Crippen LogP contribution in [0.15, 0.2) is 18.3 Å². The molecule has 0 N–H and O–H groups in total. The number of rotatable bonds is 1. The molecule has 0 amide bonds. The van der Waals surface area contributed by atoms with Gasteiger partial charge in [-0.25, -0.2) is 9.50 Å². The van der Waals surface area contributed by atoms with Crippen LogP contribution in [-0.4, -0.2) is 20.9 Å². The first-order chi connectivity index (χ1) is 5.81. The van der Waals surface area contributed by atoms with Crippen LogP contribution in [0.1, 0.15) is 10.5 Å². The van der Waals surface area contributed by atoms with Crippen LogP contribution < -0.4 is 0 Å². The first kappa shape index (κ1) is 7.24. The van der Waals surface area contributed by atoms with E-state index < -0.39 is 0 Å². The molecule has 0 atom stereocenters. The molecule has 0 spiro atoms. The van der Waals surface area contributed by atoms with Gasteiger partial charge in [-0.2, -0.15) is 5.10 Å². The molecular formula is C7H4ClN3O. The smallest absolute Gasteiger partial charge is 0.170 e. The summed E-state index contributed by atoms with van der Waals surface area (Å²) < 4.78 is 1.40. The number of carbonyl (C=O) groups excluding carboxylic acids is 1. The Morgan fingerprint density at radius 3 is 3.08 bits per heavy atom. The highest BCUT2D eigenvalue weighted by Gasteiger charge is 2.02. The Balaban J connectivity index is 2.83. The largest absolute Gasteiger partial charge is 0.296 e. The number of nitrogens with zero attached hydrogens (tertiary/aromatic N) is 3. The van der Waals surface area contributed by atoms with Gasteiger partial charge in [-0.3, -0.25) is 4.79 Å². The van der Waals surface area contributed by atoms with Crippen LogP contribution >= 0.6 is 11.6 Å². The van der Waals surface area contributed by atoms with E-state index >= 15 is 0 Å². The highest BCUT2D eigenvalue weighted by Crippen LogP contribution is 2.07. The summed E-state index contributed by atoms with van der Waals surface area (Å²) in [7, 11) is 0. The lowest BCUT2D eigenvalue weighted by atomic mass is 10.5. The molecule has 2 rings (SSSR count). The van der Waals surface area contributed by atoms with E-state index in [0.29, 0.717) is 22.8 Å². The number of aldehydes is 1. The minimum Gasteiger partial charge on any atom is -0.296 e. The Labute approximate surface area is 72.8 Å². The highest BCUT2D eigenvalue weighted by atomic mass is 35.5. The first-order valence-corrected chi connectivity index (χ1v) is 3.64. The third-order valence-electron chi connectivity index (χ3n) is 1.48. The average Bonchev–Trinajstić information content (AvgIpc) is 2.46. The molecule has 0 aliphatic carbocycles. The van der Waals surface area contributed by atoms with Crippen LogP contribution in [0.25, 0.3) is 5.65 Å². The molecule has 0 saturated carbocycles. The number of hydrogen-bond donors (Lipinski definition) is 0. The SMILES string of the molecule is O=Cc1cnc2ccc(Cl)nn12. The van der Waals surface area contributed by atoms with E-state index in [2.05, 4.69) is 10.1 Å². The highest BCUT2D eigenvalue weighted by molar-refractivity contribution is 6.29. The van der Waals surface area contributed by atoms with Gasteiger partial charge in [0, 0.05) is 0 Å². The van der Waals surface area contributed by atoms with Crippen LogP contribution in [0.3, 0.4) is 0 Å². The van der Waals surface area contributed by atoms with E-state index in [1.54, 1.807) is 12.1 Å². The fourth-order valence-electron chi connectivity index (χ4n) is 0.949. The zero-order chi connectivity index (χ0) is 8.55. The predicted molar refractivity (Wildman–Crippen MR) is 43.4 cm³/mol. The summed E-state index contributed by atoms with van der Waals surface area (Å²) in [5, 5.41) is 4.23. The normalized spacial score (nSPS) is 10.4. The molecule has 0 radical (unpaired) electrons. The fourth-order valence-corrected chi connectivity index (χ4v) is 1.09. The van der Waals surface area contributed by atoms with Crippen LogP contribution in [0, 0.1) is 0 Å². The number of aromatic nitrogens is 3. The zero-order valence-electron chi connectivity index (χ0n) is 5.94. The summed E-state index contributed by atoms with van der Waals surface area (Å²) in [6.07, 6.45) is 2.13. The molecule has 12 heavy (non-hydrogen) atoms. The van der Waals surface area contributed by atoms with E-state index in [0.717, 1.165) is 0 Å². The number of imidazole rings is 1. The Hall–Kier alpha value is -1.42. The maximum Gasteiger partial charge on any atom is 0.170 e. The van der Waals surface area contributed by atoms with Gasteiger partial charge >= 0.3 is 0 Å². The Bertz CT molecular complexity index is 437. The Morgan fingerprint density at radius 1 is 1.50 bits per heavy atom. The van der Waals surface area contributed by atoms with Crippen molar-refractivity contribution in [3.05, 3.63) is 29.2 Å². The van der Waals surface area contributed by atoms with Crippen molar-refractivity contribution < 1.29 is 4.79 Å². The summed E-state index contributed by atoms with van der Waals surface area (Å²) >= 11 is 5.63. The van der Waals surface area contributed by atoms with Crippen LogP contribution in [0.4, 0.5) is 0 Å². The number of halogens is 1. The zero-order valence-corrected chi connectivity index (χ0v) is 6.69. The molecule has 2 heterocycles. The Morgan fingerprint density at radius 2 is 2.33 bits per heavy atom. The van der Waals surface area contributed by atoms with Gasteiger partial charge in [0.1, 0.15) is 10.8 Å². The molecule has 0 aromatic carbocycles. The monoisotopic (exact) mass is 181 g/mol. The summed E-state index contributed by atoms with van der Waals surface area (Å²) in [6.45, 7) is 0. The van der Waals surface area contributed by atoms with Gasteiger partial charge < -0.3 is 0 Å². The standard InChI is InChI=1S/C7H4ClN3O/c8-6-1-2-7-9-3-5(4-12)11(7)10-6/h1-4H. The fraction of sp³-hybridized carbons (Fsp3) is 0. The molecule has 0 aliphatic rings. The topological polar surface area (TPSA) is 47.3 Å². The number of fused-ring (bicyclic) bond motifs is 1. The van der Waals surface area contributed by atoms with Crippen LogP contribution in [0.5, 0.6) is 0 Å². The third-order valence-corrected chi connectivity index (χ3v) is 1.68. The number of carbonyl (C=O) groups is 1. The van der Waals surface area contributed by atoms with E-state index in [4.69, 9.17) is 11.6 Å². The van der Waals surface area contributed by atoms with E-state index in [1.165, 1.54) is 10.7 Å². The minimum atomic E-state index is 0.337. The van der Waals surface area contributed by atoms with Crippen molar-refractivity contribution in [2.45, 2.75) is 0 Å². The maximum absolute atomic E-state index is 10.4. The second-order valence-electron chi connectivity index (χ2n) is 2.23. The van der Waals surface area contributed by atoms with Crippen molar-refractivity contribution in [2.75, 3.05) is 0 Å². The molecule has 0 fully saturated rings. The summed E-state index contributed by atoms with van der Waals surface area (Å²) in [6, 6.07) is 3.32. The quantitative estimate of drug-likeness (QED) is 0.621. The van der Waals surface area contributed by atoms with Gasteiger partial charge in [0.25, 0.3) is 0 Å². The lowest BCUT2D eigenvalue weighted by Gasteiger charge is -1.93. The second-order valence-corrected chi connectivity index (χ2v) is 2.61. The van der Waals surface area contributed by atoms with Crippen LogP contribution in [0.2, 0.25) is 5.15 Å². The van der Waals surface area contributed by atoms with Crippen molar-refractivity contribution >= 4 is 23.5 Å². The molecule has 0 aliphatic heterocycles. The lowest BCUT2D eigenvalue weighted by Crippen LogP contribution is -1.95. The maximum atomic E-state index is 10.4. The first-order valence-electron chi connectivity index (χ1n) is 3.27. The molecule has 0 saturated heterocycles. The van der Waals surface area contributed by atoms with Crippen molar-refractivity contribution in [1.29, 1.82) is 0 Å². The predicted octanol–water partition coefficient (Wildman–Crippen LogP) is 1.20. The van der Waals surface area contributed by atoms with Gasteiger partial charge in [0.15, 0.2) is 11.9 Å². The molecule has 5 heteroatoms. The van der Waals surface area contributed by atoms with Crippen molar-refractivity contribution in [3.8, 4) is 0 Å². The molecule has 0 bridgehead atoms. The van der Waals surface area contributed by atoms with Gasteiger partial charge in [0.2, 0.25) is 0 Å². The van der Waals surface area contributed by atoms with Crippen molar-refractivity contribution in [3.63, 3.8) is 0 Å². The summed E-state index contributed by atoms with van der Waals surface area (Å²) in [5.41, 5.74) is 1.01. The van der Waals surface area contributed by atoms with E-state index in [-0.39, 0.29) is 0 Å².